The van der Waals surface area contributed by atoms with Gasteiger partial charge in [0.15, 0.2) is 0 Å². The first-order chi connectivity index (χ1) is 6.22. The molecule has 72 valence electrons. The Kier molecular flexibility index (Phi) is 3.91. The number of hydrogen-bond acceptors (Lipinski definition) is 3. The zero-order valence-corrected chi connectivity index (χ0v) is 8.45. The van der Waals surface area contributed by atoms with E-state index in [4.69, 9.17) is 5.26 Å². The zero-order valence-electron chi connectivity index (χ0n) is 8.45. The predicted molar refractivity (Wildman–Crippen MR) is 53.6 cm³/mol. The maximum Gasteiger partial charge on any atom is 0.205 e. The van der Waals surface area contributed by atoms with Crippen LogP contribution in [0.15, 0.2) is 4.99 Å². The molecular weight excluding hydrogens is 162 g/mol. The molecule has 0 aromatic rings. The molecule has 1 fully saturated rings. The third-order valence-electron chi connectivity index (χ3n) is 2.66. The SMILES string of the molecule is CC(CC1CCN(C)CC1)=NC#N. The van der Waals surface area contributed by atoms with E-state index < -0.39 is 0 Å². The minimum atomic E-state index is 0.744. The van der Waals surface area contributed by atoms with Crippen LogP contribution in [0.25, 0.3) is 0 Å². The van der Waals surface area contributed by atoms with Gasteiger partial charge >= 0.3 is 0 Å². The van der Waals surface area contributed by atoms with E-state index in [0.717, 1.165) is 18.1 Å². The third-order valence-corrected chi connectivity index (χ3v) is 2.66. The normalized spacial score (nSPS) is 21.5. The number of nitriles is 1. The lowest BCUT2D eigenvalue weighted by atomic mass is 9.92. The van der Waals surface area contributed by atoms with Gasteiger partial charge in [0.2, 0.25) is 6.19 Å². The summed E-state index contributed by atoms with van der Waals surface area (Å²) >= 11 is 0. The minimum absolute atomic E-state index is 0.744. The molecule has 0 N–H and O–H groups in total. The van der Waals surface area contributed by atoms with Crippen molar-refractivity contribution in [2.75, 3.05) is 20.1 Å². The molecule has 1 aliphatic rings. The Bertz CT molecular complexity index is 219. The molecule has 3 heteroatoms. The summed E-state index contributed by atoms with van der Waals surface area (Å²) in [6.07, 6.45) is 5.33. The quantitative estimate of drug-likeness (QED) is 0.477. The van der Waals surface area contributed by atoms with E-state index in [1.54, 1.807) is 0 Å². The van der Waals surface area contributed by atoms with Crippen LogP contribution >= 0.6 is 0 Å². The smallest absolute Gasteiger partial charge is 0.205 e. The van der Waals surface area contributed by atoms with Crippen molar-refractivity contribution in [3.63, 3.8) is 0 Å². The van der Waals surface area contributed by atoms with Crippen LogP contribution in [0, 0.1) is 17.4 Å². The summed E-state index contributed by atoms with van der Waals surface area (Å²) in [6, 6.07) is 0. The van der Waals surface area contributed by atoms with E-state index in [2.05, 4.69) is 16.9 Å². The van der Waals surface area contributed by atoms with Crippen LogP contribution in [-0.2, 0) is 0 Å². The van der Waals surface area contributed by atoms with Crippen molar-refractivity contribution in [2.45, 2.75) is 26.2 Å². The summed E-state index contributed by atoms with van der Waals surface area (Å²) < 4.78 is 0. The second-order valence-electron chi connectivity index (χ2n) is 3.90. The van der Waals surface area contributed by atoms with Gasteiger partial charge in [0.05, 0.1) is 0 Å². The molecule has 0 saturated carbocycles. The Morgan fingerprint density at radius 3 is 2.69 bits per heavy atom. The van der Waals surface area contributed by atoms with E-state index in [1.807, 2.05) is 13.1 Å². The van der Waals surface area contributed by atoms with Crippen LogP contribution in [0.3, 0.4) is 0 Å². The Morgan fingerprint density at radius 1 is 1.54 bits per heavy atom. The van der Waals surface area contributed by atoms with Crippen molar-refractivity contribution in [1.29, 1.82) is 5.26 Å². The van der Waals surface area contributed by atoms with E-state index >= 15 is 0 Å². The first-order valence-corrected chi connectivity index (χ1v) is 4.83. The first kappa shape index (κ1) is 10.2. The number of aliphatic imine (C=N–C) groups is 1. The van der Waals surface area contributed by atoms with Gasteiger partial charge in [-0.2, -0.15) is 10.3 Å². The summed E-state index contributed by atoms with van der Waals surface area (Å²) in [5.41, 5.74) is 0.983. The summed E-state index contributed by atoms with van der Waals surface area (Å²) in [4.78, 5) is 6.10. The molecule has 1 aliphatic heterocycles. The number of piperidine rings is 1. The minimum Gasteiger partial charge on any atom is -0.306 e. The highest BCUT2D eigenvalue weighted by atomic mass is 15.1. The summed E-state index contributed by atoms with van der Waals surface area (Å²) in [5.74, 6) is 0.744. The molecule has 0 aliphatic carbocycles. The monoisotopic (exact) mass is 179 g/mol. The van der Waals surface area contributed by atoms with Gasteiger partial charge in [-0.1, -0.05) is 0 Å². The topological polar surface area (TPSA) is 39.4 Å². The number of nitrogens with zero attached hydrogens (tertiary/aromatic N) is 3. The third kappa shape index (κ3) is 3.56. The fourth-order valence-electron chi connectivity index (χ4n) is 1.81. The number of rotatable bonds is 2. The second-order valence-corrected chi connectivity index (χ2v) is 3.90. The fraction of sp³-hybridized carbons (Fsp3) is 0.800. The van der Waals surface area contributed by atoms with Crippen LogP contribution in [0.1, 0.15) is 26.2 Å². The maximum atomic E-state index is 8.36. The second kappa shape index (κ2) is 4.98. The molecule has 0 aromatic carbocycles. The van der Waals surface area contributed by atoms with Crippen LogP contribution in [0.2, 0.25) is 0 Å². The van der Waals surface area contributed by atoms with Crippen molar-refractivity contribution in [3.8, 4) is 6.19 Å². The Labute approximate surface area is 80.1 Å². The zero-order chi connectivity index (χ0) is 9.68. The van der Waals surface area contributed by atoms with Gasteiger partial charge in [0.25, 0.3) is 0 Å². The van der Waals surface area contributed by atoms with E-state index in [-0.39, 0.29) is 0 Å². The highest BCUT2D eigenvalue weighted by Crippen LogP contribution is 2.19. The van der Waals surface area contributed by atoms with Gasteiger partial charge in [-0.15, -0.1) is 0 Å². The molecule has 0 spiro atoms. The predicted octanol–water partition coefficient (Wildman–Crippen LogP) is 1.66. The summed E-state index contributed by atoms with van der Waals surface area (Å²) in [5, 5.41) is 8.36. The molecule has 0 atom stereocenters. The van der Waals surface area contributed by atoms with Crippen molar-refractivity contribution in [3.05, 3.63) is 0 Å². The molecule has 0 unspecified atom stereocenters. The van der Waals surface area contributed by atoms with Gasteiger partial charge < -0.3 is 4.90 Å². The molecule has 13 heavy (non-hydrogen) atoms. The number of likely N-dealkylation sites (tertiary alicyclic amines) is 1. The van der Waals surface area contributed by atoms with E-state index in [0.29, 0.717) is 0 Å². The fourth-order valence-corrected chi connectivity index (χ4v) is 1.81. The largest absolute Gasteiger partial charge is 0.306 e. The van der Waals surface area contributed by atoms with Crippen LogP contribution in [0.5, 0.6) is 0 Å². The Hall–Kier alpha value is -0.880. The van der Waals surface area contributed by atoms with Gasteiger partial charge in [0, 0.05) is 5.71 Å². The highest BCUT2D eigenvalue weighted by Gasteiger charge is 2.16. The van der Waals surface area contributed by atoms with Crippen molar-refractivity contribution < 1.29 is 0 Å². The molecule has 0 amide bonds. The summed E-state index contributed by atoms with van der Waals surface area (Å²) in [7, 11) is 2.16. The summed E-state index contributed by atoms with van der Waals surface area (Å²) in [6.45, 7) is 4.32. The van der Waals surface area contributed by atoms with Gasteiger partial charge in [-0.25, -0.2) is 0 Å². The molecule has 1 heterocycles. The van der Waals surface area contributed by atoms with Crippen molar-refractivity contribution in [1.82, 2.24) is 4.90 Å². The average Bonchev–Trinajstić information content (AvgIpc) is 2.09. The Morgan fingerprint density at radius 2 is 2.15 bits per heavy atom. The Balaban J connectivity index is 2.31. The van der Waals surface area contributed by atoms with Crippen LogP contribution in [-0.4, -0.2) is 30.7 Å². The first-order valence-electron chi connectivity index (χ1n) is 4.83. The van der Waals surface area contributed by atoms with Crippen LogP contribution < -0.4 is 0 Å². The van der Waals surface area contributed by atoms with Crippen LogP contribution in [0.4, 0.5) is 0 Å². The highest BCUT2D eigenvalue weighted by molar-refractivity contribution is 5.82. The molecule has 3 nitrogen and oxygen atoms in total. The van der Waals surface area contributed by atoms with Gasteiger partial charge in [0.1, 0.15) is 0 Å². The standard InChI is InChI=1S/C10H17N3/c1-9(12-8-11)7-10-3-5-13(2)6-4-10/h10H,3-7H2,1-2H3. The van der Waals surface area contributed by atoms with E-state index in [9.17, 15) is 0 Å². The lowest BCUT2D eigenvalue weighted by Crippen LogP contribution is -2.30. The lowest BCUT2D eigenvalue weighted by molar-refractivity contribution is 0.223. The molecule has 1 saturated heterocycles. The average molecular weight is 179 g/mol. The lowest BCUT2D eigenvalue weighted by Gasteiger charge is -2.28. The van der Waals surface area contributed by atoms with Gasteiger partial charge in [-0.3, -0.25) is 0 Å². The van der Waals surface area contributed by atoms with E-state index in [1.165, 1.54) is 25.9 Å². The molecule has 0 aromatic heterocycles. The molecular formula is C10H17N3. The van der Waals surface area contributed by atoms with Gasteiger partial charge in [-0.05, 0) is 52.2 Å². The van der Waals surface area contributed by atoms with Crippen molar-refractivity contribution >= 4 is 5.71 Å². The molecule has 0 bridgehead atoms. The van der Waals surface area contributed by atoms with Crippen molar-refractivity contribution in [2.24, 2.45) is 10.9 Å². The number of hydrogen-bond donors (Lipinski definition) is 0. The molecule has 0 radical (unpaired) electrons. The molecule has 1 rings (SSSR count). The maximum absolute atomic E-state index is 8.36.